The van der Waals surface area contributed by atoms with Crippen LogP contribution in [0.15, 0.2) is 70.7 Å². The summed E-state index contributed by atoms with van der Waals surface area (Å²) in [5, 5.41) is 11.2. The zero-order chi connectivity index (χ0) is 23.8. The van der Waals surface area contributed by atoms with E-state index in [1.54, 1.807) is 0 Å². The fourth-order valence-electron chi connectivity index (χ4n) is 4.63. The van der Waals surface area contributed by atoms with Gasteiger partial charge in [-0.1, -0.05) is 68.1 Å². The number of fused-ring (bicyclic) bond motifs is 2. The molecule has 0 radical (unpaired) electrons. The molecule has 4 rings (SSSR count). The number of para-hydroxylation sites is 2. The number of carbonyl (C=O) groups is 1. The number of benzene rings is 2. The van der Waals surface area contributed by atoms with E-state index in [4.69, 9.17) is 5.11 Å². The van der Waals surface area contributed by atoms with Crippen molar-refractivity contribution in [3.05, 3.63) is 71.4 Å². The fourth-order valence-corrected chi connectivity index (χ4v) is 5.73. The van der Waals surface area contributed by atoms with Crippen LogP contribution in [-0.4, -0.2) is 18.1 Å². The Morgan fingerprint density at radius 3 is 2.35 bits per heavy atom. The number of unbranched alkanes of at least 4 members (excludes halogenated alkanes) is 7. The van der Waals surface area contributed by atoms with Gasteiger partial charge in [0.25, 0.3) is 0 Å². The standard InChI is InChI=1S/C29H34N2O2S/c1-30-26-16-11-12-17-27(26)34-28(30)22-23-19-21-31(25-15-10-9-14-24(23)25)20-13-7-5-3-2-4-6-8-18-29(32)33/h9-12,14-17,19,21-22H,2-8,13,18,20H2,1H3/p+1. The Hall–Kier alpha value is -2.79. The molecule has 0 bridgehead atoms. The maximum Gasteiger partial charge on any atom is 0.303 e. The molecule has 1 aliphatic heterocycles. The summed E-state index contributed by atoms with van der Waals surface area (Å²) in [6.45, 7) is 1.04. The highest BCUT2D eigenvalue weighted by Crippen LogP contribution is 2.45. The number of nitrogens with zero attached hydrogens (tertiary/aromatic N) is 2. The molecule has 4 nitrogen and oxygen atoms in total. The van der Waals surface area contributed by atoms with Gasteiger partial charge in [-0.2, -0.15) is 4.57 Å². The Labute approximate surface area is 207 Å². The first kappa shape index (κ1) is 24.3. The van der Waals surface area contributed by atoms with Crippen LogP contribution in [0.1, 0.15) is 63.4 Å². The second-order valence-corrected chi connectivity index (χ2v) is 10.1. The van der Waals surface area contributed by atoms with Crippen LogP contribution < -0.4 is 9.47 Å². The second kappa shape index (κ2) is 12.1. The summed E-state index contributed by atoms with van der Waals surface area (Å²) in [6.07, 6.45) is 14.0. The van der Waals surface area contributed by atoms with Gasteiger partial charge in [0.15, 0.2) is 6.20 Å². The van der Waals surface area contributed by atoms with Crippen molar-refractivity contribution in [1.82, 2.24) is 0 Å². The summed E-state index contributed by atoms with van der Waals surface area (Å²) in [7, 11) is 2.14. The van der Waals surface area contributed by atoms with E-state index in [0.29, 0.717) is 6.42 Å². The van der Waals surface area contributed by atoms with Crippen LogP contribution in [0.2, 0.25) is 0 Å². The lowest BCUT2D eigenvalue weighted by Crippen LogP contribution is -2.34. The summed E-state index contributed by atoms with van der Waals surface area (Å²) >= 11 is 1.83. The van der Waals surface area contributed by atoms with Crippen molar-refractivity contribution < 1.29 is 14.5 Å². The molecule has 178 valence electrons. The summed E-state index contributed by atoms with van der Waals surface area (Å²) < 4.78 is 2.39. The first-order valence-electron chi connectivity index (χ1n) is 12.5. The van der Waals surface area contributed by atoms with Crippen molar-refractivity contribution in [3.8, 4) is 0 Å². The number of rotatable bonds is 12. The molecule has 1 N–H and O–H groups in total. The van der Waals surface area contributed by atoms with Crippen LogP contribution in [0.25, 0.3) is 17.0 Å². The van der Waals surface area contributed by atoms with Gasteiger partial charge >= 0.3 is 5.97 Å². The minimum Gasteiger partial charge on any atom is -0.481 e. The number of aromatic nitrogens is 1. The zero-order valence-electron chi connectivity index (χ0n) is 20.1. The monoisotopic (exact) mass is 475 g/mol. The summed E-state index contributed by atoms with van der Waals surface area (Å²) in [6, 6.07) is 19.5. The maximum atomic E-state index is 10.5. The number of aliphatic carboxylic acids is 1. The molecule has 5 heteroatoms. The van der Waals surface area contributed by atoms with Crippen LogP contribution in [0.5, 0.6) is 0 Å². The Balaban J connectivity index is 1.32. The van der Waals surface area contributed by atoms with E-state index in [1.165, 1.54) is 64.2 Å². The van der Waals surface area contributed by atoms with Gasteiger partial charge in [-0.3, -0.25) is 4.79 Å². The van der Waals surface area contributed by atoms with E-state index in [0.717, 1.165) is 25.8 Å². The lowest BCUT2D eigenvalue weighted by molar-refractivity contribution is -0.671. The molecule has 0 saturated heterocycles. The highest BCUT2D eigenvalue weighted by molar-refractivity contribution is 8.03. The SMILES string of the molecule is CN1/C(=C\c2cc[n+](CCCCCCCCCCC(=O)O)c3ccccc23)Sc2ccccc21. The van der Waals surface area contributed by atoms with Gasteiger partial charge in [0.1, 0.15) is 6.54 Å². The minimum absolute atomic E-state index is 0.310. The van der Waals surface area contributed by atoms with Crippen LogP contribution in [-0.2, 0) is 11.3 Å². The summed E-state index contributed by atoms with van der Waals surface area (Å²) in [5.74, 6) is -0.676. The summed E-state index contributed by atoms with van der Waals surface area (Å²) in [5.41, 5.74) is 3.82. The average Bonchev–Trinajstić information content (AvgIpc) is 3.16. The maximum absolute atomic E-state index is 10.5. The van der Waals surface area contributed by atoms with E-state index >= 15 is 0 Å². The third kappa shape index (κ3) is 6.20. The lowest BCUT2D eigenvalue weighted by Gasteiger charge is -2.13. The molecule has 3 aromatic rings. The fraction of sp³-hybridized carbons (Fsp3) is 0.379. The average molecular weight is 476 g/mol. The van der Waals surface area contributed by atoms with Gasteiger partial charge in [-0.15, -0.1) is 0 Å². The van der Waals surface area contributed by atoms with Crippen molar-refractivity contribution in [2.45, 2.75) is 69.2 Å². The smallest absolute Gasteiger partial charge is 0.303 e. The van der Waals surface area contributed by atoms with Crippen LogP contribution in [0, 0.1) is 0 Å². The second-order valence-electron chi connectivity index (χ2n) is 9.07. The quantitative estimate of drug-likeness (QED) is 0.221. The predicted molar refractivity (Wildman–Crippen MR) is 142 cm³/mol. The number of thioether (sulfide) groups is 1. The number of carboxylic acids is 1. The Morgan fingerprint density at radius 2 is 1.59 bits per heavy atom. The number of hydrogen-bond donors (Lipinski definition) is 1. The largest absolute Gasteiger partial charge is 0.481 e. The number of pyridine rings is 1. The molecule has 0 saturated carbocycles. The van der Waals surface area contributed by atoms with Crippen molar-refractivity contribution in [2.24, 2.45) is 0 Å². The van der Waals surface area contributed by atoms with Crippen molar-refractivity contribution in [3.63, 3.8) is 0 Å². The molecule has 0 fully saturated rings. The Morgan fingerprint density at radius 1 is 0.912 bits per heavy atom. The minimum atomic E-state index is -0.676. The molecule has 0 aliphatic carbocycles. The Kier molecular flexibility index (Phi) is 8.64. The van der Waals surface area contributed by atoms with E-state index < -0.39 is 5.97 Å². The molecule has 2 heterocycles. The molecule has 0 atom stereocenters. The number of hydrogen-bond acceptors (Lipinski definition) is 3. The van der Waals surface area contributed by atoms with E-state index in [9.17, 15) is 4.79 Å². The number of carboxylic acid groups (broad SMARTS) is 1. The van der Waals surface area contributed by atoms with E-state index in [-0.39, 0.29) is 0 Å². The van der Waals surface area contributed by atoms with Crippen LogP contribution in [0.3, 0.4) is 0 Å². The van der Waals surface area contributed by atoms with E-state index in [1.807, 2.05) is 11.8 Å². The highest BCUT2D eigenvalue weighted by atomic mass is 32.2. The van der Waals surface area contributed by atoms with E-state index in [2.05, 4.69) is 83.4 Å². The van der Waals surface area contributed by atoms with Gasteiger partial charge in [-0.25, -0.2) is 0 Å². The summed E-state index contributed by atoms with van der Waals surface area (Å²) in [4.78, 5) is 14.1. The predicted octanol–water partition coefficient (Wildman–Crippen LogP) is 7.26. The molecule has 0 amide bonds. The lowest BCUT2D eigenvalue weighted by atomic mass is 10.1. The zero-order valence-corrected chi connectivity index (χ0v) is 20.9. The molecule has 0 spiro atoms. The first-order chi connectivity index (χ1) is 16.6. The van der Waals surface area contributed by atoms with Gasteiger partial charge in [0, 0.05) is 36.9 Å². The third-order valence-electron chi connectivity index (χ3n) is 6.55. The molecular weight excluding hydrogens is 440 g/mol. The van der Waals surface area contributed by atoms with Crippen molar-refractivity contribution in [2.75, 3.05) is 11.9 Å². The molecule has 1 aliphatic rings. The third-order valence-corrected chi connectivity index (χ3v) is 7.71. The Bertz CT molecular complexity index is 1160. The number of aryl methyl sites for hydroxylation is 1. The van der Waals surface area contributed by atoms with Crippen LogP contribution in [0.4, 0.5) is 5.69 Å². The van der Waals surface area contributed by atoms with Crippen LogP contribution >= 0.6 is 11.8 Å². The van der Waals surface area contributed by atoms with Crippen molar-refractivity contribution in [1.29, 1.82) is 0 Å². The molecule has 2 aromatic carbocycles. The van der Waals surface area contributed by atoms with Gasteiger partial charge < -0.3 is 10.0 Å². The molecule has 1 aromatic heterocycles. The molecular formula is C29H35N2O2S+. The number of anilines is 1. The van der Waals surface area contributed by atoms with Gasteiger partial charge in [0.2, 0.25) is 5.52 Å². The normalized spacial score (nSPS) is 14.1. The molecule has 34 heavy (non-hydrogen) atoms. The highest BCUT2D eigenvalue weighted by Gasteiger charge is 2.22. The topological polar surface area (TPSA) is 44.4 Å². The van der Waals surface area contributed by atoms with Gasteiger partial charge in [0.05, 0.1) is 16.1 Å². The molecule has 0 unspecified atom stereocenters. The first-order valence-corrected chi connectivity index (χ1v) is 13.3. The van der Waals surface area contributed by atoms with Crippen molar-refractivity contribution >= 4 is 40.4 Å². The van der Waals surface area contributed by atoms with Gasteiger partial charge in [-0.05, 0) is 42.7 Å².